The first-order valence-electron chi connectivity index (χ1n) is 5.74. The molecule has 1 aromatic carbocycles. The van der Waals surface area contributed by atoms with E-state index in [0.29, 0.717) is 12.2 Å². The Kier molecular flexibility index (Phi) is 3.84. The number of carboxylic acids is 1. The van der Waals surface area contributed by atoms with Crippen LogP contribution >= 0.6 is 0 Å². The zero-order valence-electron chi connectivity index (χ0n) is 10.3. The van der Waals surface area contributed by atoms with E-state index in [-0.39, 0.29) is 12.2 Å². The Balaban J connectivity index is 2.08. The molecule has 1 N–H and O–H groups in total. The van der Waals surface area contributed by atoms with Gasteiger partial charge in [-0.2, -0.15) is 4.80 Å². The zero-order valence-corrected chi connectivity index (χ0v) is 10.3. The van der Waals surface area contributed by atoms with Gasteiger partial charge in [0.2, 0.25) is 0 Å². The largest absolute Gasteiger partial charge is 0.481 e. The fraction of sp³-hybridized carbons (Fsp3) is 0.333. The van der Waals surface area contributed by atoms with Crippen molar-refractivity contribution in [2.75, 3.05) is 0 Å². The quantitative estimate of drug-likeness (QED) is 0.865. The predicted octanol–water partition coefficient (Wildman–Crippen LogP) is 0.835. The van der Waals surface area contributed by atoms with Crippen LogP contribution in [0, 0.1) is 11.7 Å². The van der Waals surface area contributed by atoms with Crippen LogP contribution in [0.4, 0.5) is 4.39 Å². The number of rotatable bonds is 5. The molecule has 0 saturated heterocycles. The van der Waals surface area contributed by atoms with Crippen LogP contribution in [0.1, 0.15) is 11.4 Å². The van der Waals surface area contributed by atoms with Crippen molar-refractivity contribution in [3.63, 3.8) is 0 Å². The van der Waals surface area contributed by atoms with Crippen LogP contribution in [0.5, 0.6) is 0 Å². The number of carboxylic acid groups (broad SMARTS) is 1. The highest BCUT2D eigenvalue weighted by atomic mass is 19.1. The number of nitrogens with zero attached hydrogens (tertiary/aromatic N) is 4. The van der Waals surface area contributed by atoms with Crippen molar-refractivity contribution >= 4 is 5.97 Å². The molecule has 0 fully saturated rings. The summed E-state index contributed by atoms with van der Waals surface area (Å²) in [4.78, 5) is 12.5. The van der Waals surface area contributed by atoms with Gasteiger partial charge in [0.25, 0.3) is 0 Å². The lowest BCUT2D eigenvalue weighted by Crippen LogP contribution is -2.20. The summed E-state index contributed by atoms with van der Waals surface area (Å²) < 4.78 is 12.8. The average Bonchev–Trinajstić information content (AvgIpc) is 2.76. The summed E-state index contributed by atoms with van der Waals surface area (Å²) in [5.74, 6) is -1.55. The van der Waals surface area contributed by atoms with E-state index in [1.807, 2.05) is 0 Å². The van der Waals surface area contributed by atoms with Crippen LogP contribution in [0.2, 0.25) is 0 Å². The Bertz CT molecular complexity index is 567. The molecule has 2 rings (SSSR count). The third-order valence-electron chi connectivity index (χ3n) is 2.72. The van der Waals surface area contributed by atoms with Crippen molar-refractivity contribution in [1.29, 1.82) is 0 Å². The minimum atomic E-state index is -0.934. The minimum Gasteiger partial charge on any atom is -0.481 e. The van der Waals surface area contributed by atoms with E-state index in [1.165, 1.54) is 16.9 Å². The van der Waals surface area contributed by atoms with Crippen LogP contribution < -0.4 is 0 Å². The Hall–Kier alpha value is -2.31. The second kappa shape index (κ2) is 5.55. The van der Waals surface area contributed by atoms with Gasteiger partial charge in [-0.05, 0) is 29.3 Å². The number of carbonyl (C=O) groups is 1. The summed E-state index contributed by atoms with van der Waals surface area (Å²) in [6, 6.07) is 5.79. The normalized spacial score (nSPS) is 12.3. The molecule has 100 valence electrons. The van der Waals surface area contributed by atoms with E-state index in [0.717, 1.165) is 5.56 Å². The number of hydrogen-bond donors (Lipinski definition) is 1. The molecule has 0 radical (unpaired) electrons. The molecule has 0 spiro atoms. The van der Waals surface area contributed by atoms with Gasteiger partial charge in [-0.1, -0.05) is 12.1 Å². The number of benzene rings is 1. The predicted molar refractivity (Wildman–Crippen MR) is 63.7 cm³/mol. The lowest BCUT2D eigenvalue weighted by atomic mass is 9.96. The molecule has 2 aromatic rings. The molecule has 19 heavy (non-hydrogen) atoms. The van der Waals surface area contributed by atoms with Gasteiger partial charge in [-0.15, -0.1) is 10.2 Å². The summed E-state index contributed by atoms with van der Waals surface area (Å²) in [7, 11) is 1.62. The Morgan fingerprint density at radius 3 is 2.58 bits per heavy atom. The number of hydrogen-bond acceptors (Lipinski definition) is 4. The van der Waals surface area contributed by atoms with E-state index < -0.39 is 11.9 Å². The van der Waals surface area contributed by atoms with E-state index in [1.54, 1.807) is 19.2 Å². The molecular formula is C12H13FN4O2. The molecule has 0 saturated carbocycles. The summed E-state index contributed by atoms with van der Waals surface area (Å²) in [5, 5.41) is 20.6. The van der Waals surface area contributed by atoms with Gasteiger partial charge in [0, 0.05) is 6.42 Å². The fourth-order valence-electron chi connectivity index (χ4n) is 1.78. The minimum absolute atomic E-state index is 0.195. The second-order valence-electron chi connectivity index (χ2n) is 4.26. The highest BCUT2D eigenvalue weighted by molar-refractivity contribution is 5.70. The number of tetrazole rings is 1. The molecule has 0 bridgehead atoms. The first kappa shape index (κ1) is 13.1. The molecule has 0 amide bonds. The van der Waals surface area contributed by atoms with Crippen LogP contribution in [0.3, 0.4) is 0 Å². The molecule has 6 nitrogen and oxygen atoms in total. The van der Waals surface area contributed by atoms with Crippen molar-refractivity contribution < 1.29 is 14.3 Å². The SMILES string of the molecule is Cn1nnc(CC(Cc2ccc(F)cc2)C(=O)O)n1. The van der Waals surface area contributed by atoms with Gasteiger partial charge in [-0.25, -0.2) is 4.39 Å². The van der Waals surface area contributed by atoms with Gasteiger partial charge in [-0.3, -0.25) is 4.79 Å². The van der Waals surface area contributed by atoms with Gasteiger partial charge < -0.3 is 5.11 Å². The Morgan fingerprint density at radius 2 is 2.05 bits per heavy atom. The van der Waals surface area contributed by atoms with Crippen molar-refractivity contribution in [2.45, 2.75) is 12.8 Å². The number of aliphatic carboxylic acids is 1. The van der Waals surface area contributed by atoms with E-state index in [9.17, 15) is 14.3 Å². The molecule has 7 heteroatoms. The van der Waals surface area contributed by atoms with Crippen LogP contribution in [-0.2, 0) is 24.7 Å². The van der Waals surface area contributed by atoms with Gasteiger partial charge in [0.05, 0.1) is 13.0 Å². The van der Waals surface area contributed by atoms with E-state index in [4.69, 9.17) is 0 Å². The van der Waals surface area contributed by atoms with Crippen molar-refractivity contribution in [1.82, 2.24) is 20.2 Å². The zero-order chi connectivity index (χ0) is 13.8. The third-order valence-corrected chi connectivity index (χ3v) is 2.72. The molecular weight excluding hydrogens is 251 g/mol. The highest BCUT2D eigenvalue weighted by Crippen LogP contribution is 2.13. The molecule has 0 aliphatic rings. The third kappa shape index (κ3) is 3.57. The Morgan fingerprint density at radius 1 is 1.37 bits per heavy atom. The standard InChI is InChI=1S/C12H13FN4O2/c1-17-15-11(14-16-17)7-9(12(18)19)6-8-2-4-10(13)5-3-8/h2-5,9H,6-7H2,1H3,(H,18,19). The monoisotopic (exact) mass is 264 g/mol. The van der Waals surface area contributed by atoms with Crippen molar-refractivity contribution in [3.05, 3.63) is 41.5 Å². The molecule has 1 aromatic heterocycles. The number of aryl methyl sites for hydroxylation is 1. The van der Waals surface area contributed by atoms with Crippen LogP contribution in [-0.4, -0.2) is 31.3 Å². The molecule has 1 heterocycles. The van der Waals surface area contributed by atoms with E-state index in [2.05, 4.69) is 15.4 Å². The van der Waals surface area contributed by atoms with Crippen LogP contribution in [0.15, 0.2) is 24.3 Å². The first-order valence-corrected chi connectivity index (χ1v) is 5.74. The molecule has 1 atom stereocenters. The molecule has 1 unspecified atom stereocenters. The smallest absolute Gasteiger partial charge is 0.307 e. The topological polar surface area (TPSA) is 80.9 Å². The summed E-state index contributed by atoms with van der Waals surface area (Å²) in [5.41, 5.74) is 0.762. The van der Waals surface area contributed by atoms with Gasteiger partial charge in [0.15, 0.2) is 5.82 Å². The molecule has 0 aliphatic carbocycles. The number of aromatic nitrogens is 4. The lowest BCUT2D eigenvalue weighted by Gasteiger charge is -2.10. The fourth-order valence-corrected chi connectivity index (χ4v) is 1.78. The van der Waals surface area contributed by atoms with E-state index >= 15 is 0 Å². The summed E-state index contributed by atoms with van der Waals surface area (Å²) in [6.45, 7) is 0. The second-order valence-corrected chi connectivity index (χ2v) is 4.26. The molecule has 0 aliphatic heterocycles. The first-order chi connectivity index (χ1) is 9.04. The van der Waals surface area contributed by atoms with Crippen LogP contribution in [0.25, 0.3) is 0 Å². The lowest BCUT2D eigenvalue weighted by molar-refractivity contribution is -0.141. The van der Waals surface area contributed by atoms with Gasteiger partial charge >= 0.3 is 5.97 Å². The number of halogens is 1. The van der Waals surface area contributed by atoms with Crippen molar-refractivity contribution in [3.8, 4) is 0 Å². The maximum atomic E-state index is 12.8. The maximum absolute atomic E-state index is 12.8. The Labute approximate surface area is 108 Å². The average molecular weight is 264 g/mol. The van der Waals surface area contributed by atoms with Gasteiger partial charge in [0.1, 0.15) is 5.82 Å². The maximum Gasteiger partial charge on any atom is 0.307 e. The summed E-state index contributed by atoms with van der Waals surface area (Å²) >= 11 is 0. The highest BCUT2D eigenvalue weighted by Gasteiger charge is 2.21. The summed E-state index contributed by atoms with van der Waals surface area (Å²) in [6.07, 6.45) is 0.494. The van der Waals surface area contributed by atoms with Crippen molar-refractivity contribution in [2.24, 2.45) is 13.0 Å².